The molecule has 0 aliphatic carbocycles. The van der Waals surface area contributed by atoms with E-state index in [4.69, 9.17) is 9.47 Å². The predicted octanol–water partition coefficient (Wildman–Crippen LogP) is 5.01. The molecule has 140 valence electrons. The first kappa shape index (κ1) is 20.0. The average Bonchev–Trinajstić information content (AvgIpc) is 2.55. The molecule has 0 radical (unpaired) electrons. The molecule has 2 rings (SSSR count). The number of benzene rings is 2. The smallest absolute Gasteiger partial charge is 0.339 e. The van der Waals surface area contributed by atoms with E-state index >= 15 is 0 Å². The summed E-state index contributed by atoms with van der Waals surface area (Å²) >= 11 is 0. The fourth-order valence-corrected chi connectivity index (χ4v) is 3.04. The highest BCUT2D eigenvalue weighted by molar-refractivity contribution is 5.84. The van der Waals surface area contributed by atoms with Crippen LogP contribution in [0.2, 0.25) is 0 Å². The molecule has 0 bridgehead atoms. The Kier molecular flexibility index (Phi) is 5.77. The molecule has 0 amide bonds. The quantitative estimate of drug-likeness (QED) is 0.782. The van der Waals surface area contributed by atoms with Gasteiger partial charge in [-0.1, -0.05) is 29.8 Å². The van der Waals surface area contributed by atoms with E-state index < -0.39 is 17.7 Å². The number of rotatable bonds is 4. The SMILES string of the molecule is COC(=O)C(OC(C)(C)C)c1c(C)c(O)cc(C)c1-c1ccc(C)cc1. The van der Waals surface area contributed by atoms with Gasteiger partial charge in [-0.3, -0.25) is 0 Å². The Morgan fingerprint density at radius 3 is 2.15 bits per heavy atom. The Labute approximate surface area is 155 Å². The molecule has 0 aliphatic rings. The van der Waals surface area contributed by atoms with Crippen molar-refractivity contribution in [1.29, 1.82) is 0 Å². The fraction of sp³-hybridized carbons (Fsp3) is 0.409. The number of phenolic OH excluding ortho intramolecular Hbond substituents is 1. The van der Waals surface area contributed by atoms with E-state index in [1.165, 1.54) is 7.11 Å². The van der Waals surface area contributed by atoms with Crippen LogP contribution in [0.25, 0.3) is 11.1 Å². The first-order chi connectivity index (χ1) is 12.0. The first-order valence-corrected chi connectivity index (χ1v) is 8.71. The van der Waals surface area contributed by atoms with Crippen molar-refractivity contribution in [3.05, 3.63) is 52.6 Å². The van der Waals surface area contributed by atoms with Gasteiger partial charge in [0, 0.05) is 5.56 Å². The molecule has 0 saturated carbocycles. The maximum absolute atomic E-state index is 12.6. The summed E-state index contributed by atoms with van der Waals surface area (Å²) in [4.78, 5) is 12.6. The van der Waals surface area contributed by atoms with Gasteiger partial charge in [0.15, 0.2) is 6.10 Å². The zero-order chi connectivity index (χ0) is 19.6. The van der Waals surface area contributed by atoms with E-state index in [-0.39, 0.29) is 5.75 Å². The van der Waals surface area contributed by atoms with Gasteiger partial charge < -0.3 is 14.6 Å². The number of esters is 1. The normalized spacial score (nSPS) is 12.7. The molecule has 4 nitrogen and oxygen atoms in total. The van der Waals surface area contributed by atoms with Gasteiger partial charge in [-0.2, -0.15) is 0 Å². The first-order valence-electron chi connectivity index (χ1n) is 8.71. The molecule has 0 aliphatic heterocycles. The van der Waals surface area contributed by atoms with E-state index in [9.17, 15) is 9.90 Å². The number of aryl methyl sites for hydroxylation is 2. The minimum absolute atomic E-state index is 0.139. The van der Waals surface area contributed by atoms with Crippen LogP contribution >= 0.6 is 0 Å². The third kappa shape index (κ3) is 4.25. The Morgan fingerprint density at radius 2 is 1.65 bits per heavy atom. The summed E-state index contributed by atoms with van der Waals surface area (Å²) in [5.41, 5.74) is 4.59. The summed E-state index contributed by atoms with van der Waals surface area (Å²) in [5.74, 6) is -0.346. The van der Waals surface area contributed by atoms with Crippen molar-refractivity contribution in [2.75, 3.05) is 7.11 Å². The van der Waals surface area contributed by atoms with E-state index in [2.05, 4.69) is 0 Å². The van der Waals surface area contributed by atoms with Crippen molar-refractivity contribution >= 4 is 5.97 Å². The highest BCUT2D eigenvalue weighted by atomic mass is 16.6. The van der Waals surface area contributed by atoms with Gasteiger partial charge in [-0.05, 0) is 69.9 Å². The molecule has 2 aromatic carbocycles. The molecule has 4 heteroatoms. The standard InChI is InChI=1S/C22H28O4/c1-13-8-10-16(11-9-13)18-14(2)12-17(23)15(3)19(18)20(21(24)25-7)26-22(4,5)6/h8-12,20,23H,1-7H3. The molecule has 0 saturated heterocycles. The largest absolute Gasteiger partial charge is 0.508 e. The number of phenols is 1. The number of hydrogen-bond acceptors (Lipinski definition) is 4. The van der Waals surface area contributed by atoms with Crippen molar-refractivity contribution < 1.29 is 19.4 Å². The molecule has 0 spiro atoms. The maximum atomic E-state index is 12.6. The number of carbonyl (C=O) groups is 1. The van der Waals surface area contributed by atoms with Crippen LogP contribution < -0.4 is 0 Å². The lowest BCUT2D eigenvalue weighted by Gasteiger charge is -2.29. The number of methoxy groups -OCH3 is 1. The number of hydrogen-bond donors (Lipinski definition) is 1. The maximum Gasteiger partial charge on any atom is 0.339 e. The topological polar surface area (TPSA) is 55.8 Å². The van der Waals surface area contributed by atoms with Crippen molar-refractivity contribution in [2.45, 2.75) is 53.2 Å². The summed E-state index contributed by atoms with van der Waals surface area (Å²) < 4.78 is 11.1. The minimum atomic E-state index is -0.929. The van der Waals surface area contributed by atoms with Crippen molar-refractivity contribution in [2.24, 2.45) is 0 Å². The second kappa shape index (κ2) is 7.50. The average molecular weight is 356 g/mol. The van der Waals surface area contributed by atoms with Gasteiger partial charge >= 0.3 is 5.97 Å². The second-order valence-corrected chi connectivity index (χ2v) is 7.63. The third-order valence-electron chi connectivity index (χ3n) is 4.29. The summed E-state index contributed by atoms with van der Waals surface area (Å²) in [6, 6.07) is 9.81. The van der Waals surface area contributed by atoms with Crippen LogP contribution in [0, 0.1) is 20.8 Å². The van der Waals surface area contributed by atoms with Crippen LogP contribution in [0.5, 0.6) is 5.75 Å². The molecular formula is C22H28O4. The molecule has 0 aromatic heterocycles. The third-order valence-corrected chi connectivity index (χ3v) is 4.29. The molecule has 1 N–H and O–H groups in total. The van der Waals surface area contributed by atoms with Gasteiger partial charge in [0.05, 0.1) is 12.7 Å². The Hall–Kier alpha value is -2.33. The van der Waals surface area contributed by atoms with Gasteiger partial charge in [-0.15, -0.1) is 0 Å². The molecule has 1 unspecified atom stereocenters. The number of aromatic hydroxyl groups is 1. The molecular weight excluding hydrogens is 328 g/mol. The van der Waals surface area contributed by atoms with Crippen molar-refractivity contribution in [3.63, 3.8) is 0 Å². The molecule has 2 aromatic rings. The molecule has 1 atom stereocenters. The summed E-state index contributed by atoms with van der Waals surface area (Å²) in [6.07, 6.45) is -0.929. The number of carbonyl (C=O) groups excluding carboxylic acids is 1. The Balaban J connectivity index is 2.78. The van der Waals surface area contributed by atoms with Crippen LogP contribution in [-0.2, 0) is 14.3 Å². The van der Waals surface area contributed by atoms with E-state index in [0.717, 1.165) is 22.3 Å². The molecule has 26 heavy (non-hydrogen) atoms. The van der Waals surface area contributed by atoms with Crippen LogP contribution in [0.4, 0.5) is 0 Å². The number of ether oxygens (including phenoxy) is 2. The highest BCUT2D eigenvalue weighted by Gasteiger charge is 2.33. The Bertz CT molecular complexity index is 798. The zero-order valence-electron chi connectivity index (χ0n) is 16.6. The summed E-state index contributed by atoms with van der Waals surface area (Å²) in [7, 11) is 1.35. The minimum Gasteiger partial charge on any atom is -0.508 e. The van der Waals surface area contributed by atoms with E-state index in [1.54, 1.807) is 13.0 Å². The Morgan fingerprint density at radius 1 is 1.08 bits per heavy atom. The van der Waals surface area contributed by atoms with Crippen LogP contribution in [0.1, 0.15) is 49.1 Å². The van der Waals surface area contributed by atoms with Gasteiger partial charge in [0.1, 0.15) is 5.75 Å². The van der Waals surface area contributed by atoms with Crippen LogP contribution in [-0.4, -0.2) is 23.8 Å². The predicted molar refractivity (Wildman–Crippen MR) is 103 cm³/mol. The van der Waals surface area contributed by atoms with Crippen molar-refractivity contribution in [1.82, 2.24) is 0 Å². The molecule has 0 fully saturated rings. The van der Waals surface area contributed by atoms with E-state index in [1.807, 2.05) is 58.9 Å². The zero-order valence-corrected chi connectivity index (χ0v) is 16.6. The molecule has 0 heterocycles. The second-order valence-electron chi connectivity index (χ2n) is 7.63. The lowest BCUT2D eigenvalue weighted by molar-refractivity contribution is -0.164. The lowest BCUT2D eigenvalue weighted by atomic mass is 9.87. The van der Waals surface area contributed by atoms with E-state index in [0.29, 0.717) is 11.1 Å². The van der Waals surface area contributed by atoms with Crippen LogP contribution in [0.3, 0.4) is 0 Å². The van der Waals surface area contributed by atoms with Gasteiger partial charge in [0.25, 0.3) is 0 Å². The van der Waals surface area contributed by atoms with Crippen LogP contribution in [0.15, 0.2) is 30.3 Å². The summed E-state index contributed by atoms with van der Waals surface area (Å²) in [5, 5.41) is 10.4. The van der Waals surface area contributed by atoms with Crippen molar-refractivity contribution in [3.8, 4) is 16.9 Å². The fourth-order valence-electron chi connectivity index (χ4n) is 3.04. The highest BCUT2D eigenvalue weighted by Crippen LogP contribution is 2.41. The van der Waals surface area contributed by atoms with Gasteiger partial charge in [-0.25, -0.2) is 4.79 Å². The monoisotopic (exact) mass is 356 g/mol. The summed E-state index contributed by atoms with van der Waals surface area (Å²) in [6.45, 7) is 11.4. The van der Waals surface area contributed by atoms with Gasteiger partial charge in [0.2, 0.25) is 0 Å². The lowest BCUT2D eigenvalue weighted by Crippen LogP contribution is -2.29.